The zero-order chi connectivity index (χ0) is 25.6. The SMILES string of the molecule is CCCN(CCC)P(=[N-])(N(CCC)CCC)N(CCC)CCC.C[C]1[C](C)[C](C)[C](C)[C]1C.[CH3-].[CH3-].[Ti+4]. The molecule has 0 heterocycles. The largest absolute Gasteiger partial charge is 4.00 e. The molecule has 0 spiro atoms. The standard InChI is InChI=1S/C18H42N4P.C10H15.2CH3.Ti/c1-7-13-20(14-8-2)23(19,21(15-9-3)16-10-4)22(17-11-5)18-12-6;1-6-7(2)9(4)10(5)8(6)3;;;/h7-18H2,1-6H3;1-5H3;2*1H3;/q-1;;2*-1;+4. The quantitative estimate of drug-likeness (QED) is 0.114. The number of hydrogen-bond acceptors (Lipinski definition) is 0. The molecular formula is C30H63N4PTi+. The van der Waals surface area contributed by atoms with Gasteiger partial charge in [-0.25, -0.2) is 0 Å². The summed E-state index contributed by atoms with van der Waals surface area (Å²) in [6.07, 6.45) is 6.59. The molecule has 1 fully saturated rings. The summed E-state index contributed by atoms with van der Waals surface area (Å²) in [5.74, 6) is 7.34. The summed E-state index contributed by atoms with van der Waals surface area (Å²) in [7, 11) is -2.40. The molecule has 36 heavy (non-hydrogen) atoms. The van der Waals surface area contributed by atoms with E-state index in [1.54, 1.807) is 0 Å². The molecule has 0 aromatic rings. The van der Waals surface area contributed by atoms with Gasteiger partial charge in [0.15, 0.2) is 0 Å². The average molecular weight is 559 g/mol. The fraction of sp³-hybridized carbons (Fsp3) is 0.767. The van der Waals surface area contributed by atoms with Crippen molar-refractivity contribution in [3.8, 4) is 0 Å². The van der Waals surface area contributed by atoms with E-state index < -0.39 is 7.51 Å². The Labute approximate surface area is 246 Å². The molecule has 0 unspecified atom stereocenters. The first-order chi connectivity index (χ1) is 15.6. The average Bonchev–Trinajstić information content (AvgIpc) is 2.96. The number of rotatable bonds is 15. The van der Waals surface area contributed by atoms with E-state index in [-0.39, 0.29) is 36.6 Å². The van der Waals surface area contributed by atoms with Gasteiger partial charge in [0.2, 0.25) is 0 Å². The van der Waals surface area contributed by atoms with Crippen molar-refractivity contribution in [1.82, 2.24) is 14.0 Å². The third-order valence-electron chi connectivity index (χ3n) is 6.84. The Morgan fingerprint density at radius 1 is 0.444 bits per heavy atom. The molecule has 0 aromatic carbocycles. The molecule has 0 aromatic heterocycles. The molecule has 211 valence electrons. The fourth-order valence-electron chi connectivity index (χ4n) is 4.63. The second kappa shape index (κ2) is 23.7. The van der Waals surface area contributed by atoms with Crippen LogP contribution in [0.25, 0.3) is 5.16 Å². The molecule has 1 saturated carbocycles. The van der Waals surface area contributed by atoms with E-state index in [1.807, 2.05) is 0 Å². The number of hydrogen-bond donors (Lipinski definition) is 0. The van der Waals surface area contributed by atoms with Crippen LogP contribution in [-0.4, -0.2) is 53.3 Å². The van der Waals surface area contributed by atoms with Gasteiger partial charge in [0.1, 0.15) is 0 Å². The van der Waals surface area contributed by atoms with Crippen molar-refractivity contribution in [1.29, 1.82) is 0 Å². The summed E-state index contributed by atoms with van der Waals surface area (Å²) in [6.45, 7) is 30.3. The van der Waals surface area contributed by atoms with E-state index in [0.29, 0.717) is 0 Å². The molecule has 1 aliphatic carbocycles. The number of nitrogens with zero attached hydrogens (tertiary/aromatic N) is 4. The molecule has 0 amide bonds. The molecule has 1 rings (SSSR count). The van der Waals surface area contributed by atoms with E-state index in [0.717, 1.165) is 77.8 Å². The monoisotopic (exact) mass is 558 g/mol. The van der Waals surface area contributed by atoms with Gasteiger partial charge in [-0.2, -0.15) is 0 Å². The van der Waals surface area contributed by atoms with E-state index in [1.165, 1.54) is 29.6 Å². The van der Waals surface area contributed by atoms with E-state index in [2.05, 4.69) is 90.2 Å². The maximum absolute atomic E-state index is 12.1. The van der Waals surface area contributed by atoms with Crippen LogP contribution in [0.3, 0.4) is 0 Å². The maximum atomic E-state index is 12.1. The Morgan fingerprint density at radius 2 is 0.583 bits per heavy atom. The Morgan fingerprint density at radius 3 is 0.694 bits per heavy atom. The van der Waals surface area contributed by atoms with Crippen LogP contribution < -0.4 is 0 Å². The molecule has 0 N–H and O–H groups in total. The van der Waals surface area contributed by atoms with Crippen molar-refractivity contribution in [2.24, 2.45) is 0 Å². The van der Waals surface area contributed by atoms with Crippen molar-refractivity contribution in [3.05, 3.63) is 49.6 Å². The summed E-state index contributed by atoms with van der Waals surface area (Å²) in [5, 5.41) is 12.1. The third-order valence-corrected chi connectivity index (χ3v) is 10.3. The normalized spacial score (nSPS) is 16.1. The van der Waals surface area contributed by atoms with Crippen molar-refractivity contribution < 1.29 is 21.7 Å². The van der Waals surface area contributed by atoms with Crippen molar-refractivity contribution >= 4 is 7.51 Å². The Bertz CT molecular complexity index is 423. The minimum atomic E-state index is -2.40. The van der Waals surface area contributed by atoms with Crippen molar-refractivity contribution in [3.63, 3.8) is 0 Å². The van der Waals surface area contributed by atoms with E-state index >= 15 is 0 Å². The van der Waals surface area contributed by atoms with Crippen molar-refractivity contribution in [2.45, 2.75) is 115 Å². The summed E-state index contributed by atoms with van der Waals surface area (Å²) >= 11 is 0. The molecule has 6 heteroatoms. The summed E-state index contributed by atoms with van der Waals surface area (Å²) in [4.78, 5) is 0. The first-order valence-electron chi connectivity index (χ1n) is 13.7. The molecule has 0 saturated heterocycles. The van der Waals surface area contributed by atoms with Gasteiger partial charge in [-0.15, -0.1) is 0 Å². The van der Waals surface area contributed by atoms with Gasteiger partial charge in [-0.3, -0.25) is 14.0 Å². The van der Waals surface area contributed by atoms with Crippen LogP contribution in [0.2, 0.25) is 0 Å². The molecule has 1 aliphatic rings. The topological polar surface area (TPSA) is 32.0 Å². The molecule has 0 aliphatic heterocycles. The Balaban J connectivity index is -0.000000332. The van der Waals surface area contributed by atoms with Gasteiger partial charge in [-0.1, -0.05) is 76.2 Å². The second-order valence-corrected chi connectivity index (χ2v) is 12.3. The summed E-state index contributed by atoms with van der Waals surface area (Å²) in [5.41, 5.74) is 0. The first kappa shape index (κ1) is 43.9. The Hall–Kier alpha value is 0.824. The molecule has 4 nitrogen and oxygen atoms in total. The minimum absolute atomic E-state index is 0. The molecule has 5 radical (unpaired) electrons. The van der Waals surface area contributed by atoms with Crippen LogP contribution in [0.5, 0.6) is 0 Å². The molecule has 0 atom stereocenters. The van der Waals surface area contributed by atoms with Crippen LogP contribution in [0, 0.1) is 44.4 Å². The molecular weight excluding hydrogens is 495 g/mol. The summed E-state index contributed by atoms with van der Waals surface area (Å²) < 4.78 is 7.26. The third kappa shape index (κ3) is 12.3. The smallest absolute Gasteiger partial charge is 0.770 e. The first-order valence-corrected chi connectivity index (χ1v) is 15.3. The van der Waals surface area contributed by atoms with Crippen molar-refractivity contribution in [2.75, 3.05) is 39.3 Å². The predicted molar refractivity (Wildman–Crippen MR) is 164 cm³/mol. The van der Waals surface area contributed by atoms with E-state index in [4.69, 9.17) is 0 Å². The van der Waals surface area contributed by atoms with Crippen LogP contribution >= 0.6 is 7.51 Å². The van der Waals surface area contributed by atoms with Gasteiger partial charge in [0.05, 0.1) is 0 Å². The van der Waals surface area contributed by atoms with Gasteiger partial charge in [0, 0.05) is 39.3 Å². The Kier molecular flexibility index (Phi) is 28.9. The van der Waals surface area contributed by atoms with Gasteiger partial charge >= 0.3 is 21.7 Å². The van der Waals surface area contributed by atoms with Crippen LogP contribution in [0.1, 0.15) is 115 Å². The minimum Gasteiger partial charge on any atom is -0.770 e. The predicted octanol–water partition coefficient (Wildman–Crippen LogP) is 9.74. The van der Waals surface area contributed by atoms with Gasteiger partial charge in [0.25, 0.3) is 0 Å². The van der Waals surface area contributed by atoms with Gasteiger partial charge < -0.3 is 20.0 Å². The zero-order valence-electron chi connectivity index (χ0n) is 26.7. The van der Waals surface area contributed by atoms with Crippen LogP contribution in [-0.2, 0) is 21.7 Å². The second-order valence-electron chi connectivity index (χ2n) is 9.52. The maximum Gasteiger partial charge on any atom is 4.00 e. The van der Waals surface area contributed by atoms with Gasteiger partial charge in [-0.05, 0) is 75.6 Å². The van der Waals surface area contributed by atoms with Crippen LogP contribution in [0.15, 0.2) is 0 Å². The molecule has 0 bridgehead atoms. The van der Waals surface area contributed by atoms with E-state index in [9.17, 15) is 5.16 Å². The fourth-order valence-corrected chi connectivity index (χ4v) is 8.52. The summed E-state index contributed by atoms with van der Waals surface area (Å²) in [6, 6.07) is 0. The van der Waals surface area contributed by atoms with Crippen LogP contribution in [0.4, 0.5) is 0 Å². The zero-order valence-corrected chi connectivity index (χ0v) is 29.2.